The van der Waals surface area contributed by atoms with E-state index in [0.29, 0.717) is 6.42 Å². The molecule has 0 unspecified atom stereocenters. The van der Waals surface area contributed by atoms with Crippen molar-refractivity contribution in [1.29, 1.82) is 0 Å². The number of hydrogen-bond donors (Lipinski definition) is 0. The van der Waals surface area contributed by atoms with Crippen molar-refractivity contribution in [1.82, 2.24) is 0 Å². The first kappa shape index (κ1) is 9.44. The van der Waals surface area contributed by atoms with Gasteiger partial charge in [0.15, 0.2) is 0 Å². The van der Waals surface area contributed by atoms with Crippen molar-refractivity contribution in [3.63, 3.8) is 0 Å². The van der Waals surface area contributed by atoms with Crippen LogP contribution in [0, 0.1) is 0 Å². The zero-order valence-electron chi connectivity index (χ0n) is 8.01. The second-order valence-corrected chi connectivity index (χ2v) is 3.18. The largest absolute Gasteiger partial charge is 0.284 e. The van der Waals surface area contributed by atoms with Crippen molar-refractivity contribution in [2.24, 2.45) is 0 Å². The quantitative estimate of drug-likeness (QED) is 0.510. The SMILES string of the molecule is O=C=C1CC=CN(c2ccccc2)C1=O. The number of allylic oxidation sites excluding steroid dienone is 1. The van der Waals surface area contributed by atoms with Gasteiger partial charge in [-0.05, 0) is 12.1 Å². The average Bonchev–Trinajstić information content (AvgIpc) is 2.30. The molecule has 1 aliphatic rings. The molecule has 0 N–H and O–H groups in total. The first-order chi connectivity index (χ1) is 7.33. The highest BCUT2D eigenvalue weighted by Crippen LogP contribution is 2.20. The van der Waals surface area contributed by atoms with Crippen LogP contribution in [0.3, 0.4) is 0 Å². The Morgan fingerprint density at radius 1 is 1.20 bits per heavy atom. The minimum Gasteiger partial charge on any atom is -0.284 e. The summed E-state index contributed by atoms with van der Waals surface area (Å²) in [4.78, 5) is 23.7. The standard InChI is InChI=1S/C12H9NO2/c14-9-10-5-4-8-13(12(10)15)11-6-2-1-3-7-11/h1-4,6-8H,5H2. The number of anilines is 1. The number of para-hydroxylation sites is 1. The van der Waals surface area contributed by atoms with Gasteiger partial charge in [0.1, 0.15) is 11.5 Å². The molecule has 0 fully saturated rings. The van der Waals surface area contributed by atoms with E-state index >= 15 is 0 Å². The molecule has 3 heteroatoms. The highest BCUT2D eigenvalue weighted by atomic mass is 16.2. The van der Waals surface area contributed by atoms with Gasteiger partial charge in [-0.1, -0.05) is 24.3 Å². The first-order valence-corrected chi connectivity index (χ1v) is 4.62. The third-order valence-corrected chi connectivity index (χ3v) is 2.21. The summed E-state index contributed by atoms with van der Waals surface area (Å²) in [6, 6.07) is 9.19. The number of nitrogens with zero attached hydrogens (tertiary/aromatic N) is 1. The summed E-state index contributed by atoms with van der Waals surface area (Å²) in [6.45, 7) is 0. The Kier molecular flexibility index (Phi) is 2.48. The van der Waals surface area contributed by atoms with E-state index in [1.807, 2.05) is 30.3 Å². The van der Waals surface area contributed by atoms with E-state index in [4.69, 9.17) is 0 Å². The molecule has 1 amide bonds. The zero-order valence-corrected chi connectivity index (χ0v) is 8.01. The Balaban J connectivity index is 2.39. The predicted molar refractivity (Wildman–Crippen MR) is 56.9 cm³/mol. The molecule has 74 valence electrons. The second kappa shape index (κ2) is 3.95. The van der Waals surface area contributed by atoms with Crippen LogP contribution >= 0.6 is 0 Å². The molecule has 0 radical (unpaired) electrons. The lowest BCUT2D eigenvalue weighted by Gasteiger charge is -2.21. The van der Waals surface area contributed by atoms with Gasteiger partial charge in [-0.2, -0.15) is 0 Å². The number of amides is 1. The van der Waals surface area contributed by atoms with Gasteiger partial charge in [-0.3, -0.25) is 9.69 Å². The van der Waals surface area contributed by atoms with Crippen LogP contribution in [0.1, 0.15) is 6.42 Å². The van der Waals surface area contributed by atoms with Gasteiger partial charge in [-0.25, -0.2) is 4.79 Å². The van der Waals surface area contributed by atoms with Crippen molar-refractivity contribution in [2.75, 3.05) is 4.90 Å². The van der Waals surface area contributed by atoms with Crippen LogP contribution in [-0.4, -0.2) is 11.8 Å². The van der Waals surface area contributed by atoms with Crippen molar-refractivity contribution < 1.29 is 9.59 Å². The number of benzene rings is 1. The van der Waals surface area contributed by atoms with Crippen molar-refractivity contribution in [2.45, 2.75) is 6.42 Å². The maximum absolute atomic E-state index is 11.7. The van der Waals surface area contributed by atoms with E-state index in [-0.39, 0.29) is 11.5 Å². The average molecular weight is 199 g/mol. The van der Waals surface area contributed by atoms with Crippen molar-refractivity contribution >= 4 is 17.5 Å². The van der Waals surface area contributed by atoms with Crippen LogP contribution < -0.4 is 4.90 Å². The van der Waals surface area contributed by atoms with Gasteiger partial charge in [0.2, 0.25) is 0 Å². The Labute approximate surface area is 87.3 Å². The summed E-state index contributed by atoms with van der Waals surface area (Å²) >= 11 is 0. The van der Waals surface area contributed by atoms with Gasteiger partial charge in [0, 0.05) is 18.3 Å². The molecule has 1 aromatic rings. The number of rotatable bonds is 1. The molecule has 1 aromatic carbocycles. The van der Waals surface area contributed by atoms with E-state index in [1.165, 1.54) is 4.90 Å². The second-order valence-electron chi connectivity index (χ2n) is 3.18. The molecule has 0 aromatic heterocycles. The fourth-order valence-corrected chi connectivity index (χ4v) is 1.45. The van der Waals surface area contributed by atoms with E-state index in [1.54, 1.807) is 18.2 Å². The topological polar surface area (TPSA) is 37.4 Å². The lowest BCUT2D eigenvalue weighted by atomic mass is 10.1. The van der Waals surface area contributed by atoms with E-state index in [0.717, 1.165) is 5.69 Å². The van der Waals surface area contributed by atoms with Crippen molar-refractivity contribution in [3.05, 3.63) is 48.2 Å². The summed E-state index contributed by atoms with van der Waals surface area (Å²) in [5.74, 6) is 1.38. The lowest BCUT2D eigenvalue weighted by Crippen LogP contribution is -2.29. The summed E-state index contributed by atoms with van der Waals surface area (Å²) in [5.41, 5.74) is 0.924. The van der Waals surface area contributed by atoms with Gasteiger partial charge in [0.25, 0.3) is 5.91 Å². The van der Waals surface area contributed by atoms with Gasteiger partial charge < -0.3 is 0 Å². The van der Waals surface area contributed by atoms with Crippen LogP contribution in [0.15, 0.2) is 48.2 Å². The third-order valence-electron chi connectivity index (χ3n) is 2.21. The van der Waals surface area contributed by atoms with Crippen LogP contribution in [0.25, 0.3) is 0 Å². The van der Waals surface area contributed by atoms with Crippen LogP contribution in [-0.2, 0) is 9.59 Å². The Hall–Kier alpha value is -2.12. The summed E-state index contributed by atoms with van der Waals surface area (Å²) in [5, 5.41) is 0. The Bertz CT molecular complexity index is 456. The summed E-state index contributed by atoms with van der Waals surface area (Å²) in [7, 11) is 0. The van der Waals surface area contributed by atoms with Crippen LogP contribution in [0.5, 0.6) is 0 Å². The maximum Gasteiger partial charge on any atom is 0.269 e. The minimum absolute atomic E-state index is 0.168. The van der Waals surface area contributed by atoms with Gasteiger partial charge >= 0.3 is 0 Å². The van der Waals surface area contributed by atoms with Crippen LogP contribution in [0.2, 0.25) is 0 Å². The molecule has 2 rings (SSSR count). The highest BCUT2D eigenvalue weighted by molar-refractivity contribution is 6.12. The zero-order chi connectivity index (χ0) is 10.7. The molecule has 0 aliphatic carbocycles. The van der Waals surface area contributed by atoms with Gasteiger partial charge in [-0.15, -0.1) is 0 Å². The molecule has 15 heavy (non-hydrogen) atoms. The molecule has 0 saturated heterocycles. The third kappa shape index (κ3) is 1.73. The first-order valence-electron chi connectivity index (χ1n) is 4.62. The van der Waals surface area contributed by atoms with Gasteiger partial charge in [0.05, 0.1) is 0 Å². The highest BCUT2D eigenvalue weighted by Gasteiger charge is 2.21. The van der Waals surface area contributed by atoms with Crippen molar-refractivity contribution in [3.8, 4) is 0 Å². The number of carbonyl (C=O) groups excluding carboxylic acids is 2. The predicted octanol–water partition coefficient (Wildman–Crippen LogP) is 1.69. The lowest BCUT2D eigenvalue weighted by molar-refractivity contribution is -0.114. The molecule has 0 spiro atoms. The normalized spacial score (nSPS) is 15.3. The molecular weight excluding hydrogens is 190 g/mol. The Morgan fingerprint density at radius 3 is 2.60 bits per heavy atom. The molecule has 0 bridgehead atoms. The monoisotopic (exact) mass is 199 g/mol. The molecular formula is C12H9NO2. The molecule has 0 atom stereocenters. The number of carbonyl (C=O) groups is 1. The Morgan fingerprint density at radius 2 is 1.93 bits per heavy atom. The van der Waals surface area contributed by atoms with Crippen LogP contribution in [0.4, 0.5) is 5.69 Å². The fraction of sp³-hybridized carbons (Fsp3) is 0.0833. The fourth-order valence-electron chi connectivity index (χ4n) is 1.45. The summed E-state index contributed by atoms with van der Waals surface area (Å²) in [6.07, 6.45) is 3.82. The summed E-state index contributed by atoms with van der Waals surface area (Å²) < 4.78 is 0. The molecule has 1 heterocycles. The number of hydrogen-bond acceptors (Lipinski definition) is 2. The molecule has 1 aliphatic heterocycles. The maximum atomic E-state index is 11.7. The van der Waals surface area contributed by atoms with E-state index in [9.17, 15) is 9.59 Å². The molecule has 3 nitrogen and oxygen atoms in total. The van der Waals surface area contributed by atoms with E-state index in [2.05, 4.69) is 0 Å². The minimum atomic E-state index is -0.293. The van der Waals surface area contributed by atoms with E-state index < -0.39 is 0 Å². The molecule has 0 saturated carbocycles. The smallest absolute Gasteiger partial charge is 0.269 e.